The number of aliphatic imine (C=N–C) groups is 1. The van der Waals surface area contributed by atoms with Crippen LogP contribution in [0.4, 0.5) is 0 Å². The smallest absolute Gasteiger partial charge is 0.191 e. The van der Waals surface area contributed by atoms with Gasteiger partial charge in [0.1, 0.15) is 0 Å². The molecule has 0 bridgehead atoms. The minimum atomic E-state index is 0. The van der Waals surface area contributed by atoms with E-state index in [4.69, 9.17) is 9.47 Å². The lowest BCUT2D eigenvalue weighted by Crippen LogP contribution is -2.68. The van der Waals surface area contributed by atoms with Gasteiger partial charge < -0.3 is 20.1 Å². The molecule has 0 radical (unpaired) electrons. The van der Waals surface area contributed by atoms with Gasteiger partial charge in [0.05, 0.1) is 25.9 Å². The number of fused-ring (bicyclic) bond motifs is 1. The zero-order chi connectivity index (χ0) is 17.7. The summed E-state index contributed by atoms with van der Waals surface area (Å²) < 4.78 is 11.6. The molecule has 0 spiro atoms. The Labute approximate surface area is 174 Å². The van der Waals surface area contributed by atoms with Gasteiger partial charge in [-0.25, -0.2) is 0 Å². The summed E-state index contributed by atoms with van der Waals surface area (Å²) in [5, 5.41) is 6.98. The average Bonchev–Trinajstić information content (AvgIpc) is 3.07. The molecule has 26 heavy (non-hydrogen) atoms. The predicted molar refractivity (Wildman–Crippen MR) is 116 cm³/mol. The topological polar surface area (TPSA) is 54.9 Å². The fraction of sp³-hybridized carbons (Fsp3) is 0.650. The molecule has 2 aliphatic rings. The second-order valence-electron chi connectivity index (χ2n) is 7.49. The van der Waals surface area contributed by atoms with Crippen molar-refractivity contribution in [2.75, 3.05) is 26.3 Å². The van der Waals surface area contributed by atoms with E-state index in [2.05, 4.69) is 48.5 Å². The van der Waals surface area contributed by atoms with E-state index in [9.17, 15) is 0 Å². The van der Waals surface area contributed by atoms with Crippen molar-refractivity contribution >= 4 is 29.9 Å². The van der Waals surface area contributed by atoms with E-state index in [0.29, 0.717) is 37.8 Å². The number of nitrogens with one attached hydrogen (secondary N) is 2. The molecule has 1 aliphatic carbocycles. The SMILES string of the molecule is CCNC(=NCCOCc1ccccc1)NC1C2CCOC2C1(C)C.I. The van der Waals surface area contributed by atoms with Crippen molar-refractivity contribution in [1.29, 1.82) is 0 Å². The summed E-state index contributed by atoms with van der Waals surface area (Å²) in [6.07, 6.45) is 1.54. The van der Waals surface area contributed by atoms with Crippen molar-refractivity contribution in [3.05, 3.63) is 35.9 Å². The van der Waals surface area contributed by atoms with Crippen molar-refractivity contribution in [3.63, 3.8) is 0 Å². The second kappa shape index (κ2) is 9.90. The number of halogens is 1. The minimum Gasteiger partial charge on any atom is -0.377 e. The Bertz CT molecular complexity index is 580. The zero-order valence-electron chi connectivity index (χ0n) is 16.0. The lowest BCUT2D eigenvalue weighted by molar-refractivity contribution is -0.106. The summed E-state index contributed by atoms with van der Waals surface area (Å²) in [5.41, 5.74) is 1.35. The predicted octanol–water partition coefficient (Wildman–Crippen LogP) is 3.19. The quantitative estimate of drug-likeness (QED) is 0.277. The van der Waals surface area contributed by atoms with Crippen LogP contribution in [0.15, 0.2) is 35.3 Å². The van der Waals surface area contributed by atoms with Gasteiger partial charge in [-0.15, -0.1) is 24.0 Å². The fourth-order valence-electron chi connectivity index (χ4n) is 4.07. The van der Waals surface area contributed by atoms with Gasteiger partial charge in [-0.3, -0.25) is 4.99 Å². The van der Waals surface area contributed by atoms with Crippen molar-refractivity contribution in [3.8, 4) is 0 Å². The van der Waals surface area contributed by atoms with Gasteiger partial charge in [-0.1, -0.05) is 44.2 Å². The van der Waals surface area contributed by atoms with Crippen LogP contribution in [0.3, 0.4) is 0 Å². The van der Waals surface area contributed by atoms with Crippen LogP contribution in [0.5, 0.6) is 0 Å². The first-order chi connectivity index (χ1) is 12.1. The molecule has 5 nitrogen and oxygen atoms in total. The molecule has 3 atom stereocenters. The maximum Gasteiger partial charge on any atom is 0.191 e. The molecule has 146 valence electrons. The molecule has 1 heterocycles. The average molecular weight is 473 g/mol. The van der Waals surface area contributed by atoms with Gasteiger partial charge >= 0.3 is 0 Å². The molecule has 0 aromatic heterocycles. The summed E-state index contributed by atoms with van der Waals surface area (Å²) in [7, 11) is 0. The standard InChI is InChI=1S/C20H31N3O2.HI/c1-4-21-19(22-11-13-24-14-15-8-6-5-7-9-15)23-17-16-10-12-25-18(16)20(17,2)3;/h5-9,16-18H,4,10-14H2,1-3H3,(H2,21,22,23);1H. The number of nitrogens with zero attached hydrogens (tertiary/aromatic N) is 1. The molecule has 1 aromatic rings. The fourth-order valence-corrected chi connectivity index (χ4v) is 4.07. The summed E-state index contributed by atoms with van der Waals surface area (Å²) in [6, 6.07) is 10.7. The number of hydrogen-bond acceptors (Lipinski definition) is 3. The molecular formula is C20H32IN3O2. The summed E-state index contributed by atoms with van der Waals surface area (Å²) in [4.78, 5) is 4.67. The van der Waals surface area contributed by atoms with Gasteiger partial charge in [-0.05, 0) is 18.9 Å². The van der Waals surface area contributed by atoms with Gasteiger partial charge in [0.2, 0.25) is 0 Å². The first-order valence-electron chi connectivity index (χ1n) is 9.41. The third-order valence-corrected chi connectivity index (χ3v) is 5.35. The maximum atomic E-state index is 5.87. The molecule has 3 rings (SSSR count). The highest BCUT2D eigenvalue weighted by Gasteiger charge is 2.59. The van der Waals surface area contributed by atoms with Gasteiger partial charge in [0.25, 0.3) is 0 Å². The van der Waals surface area contributed by atoms with E-state index < -0.39 is 0 Å². The van der Waals surface area contributed by atoms with Crippen molar-refractivity contribution in [2.45, 2.75) is 45.9 Å². The molecule has 1 aliphatic heterocycles. The van der Waals surface area contributed by atoms with E-state index in [1.807, 2.05) is 18.2 Å². The largest absolute Gasteiger partial charge is 0.377 e. The lowest BCUT2D eigenvalue weighted by atomic mass is 9.57. The highest BCUT2D eigenvalue weighted by molar-refractivity contribution is 14.0. The van der Waals surface area contributed by atoms with E-state index in [-0.39, 0.29) is 29.4 Å². The van der Waals surface area contributed by atoms with Crippen LogP contribution in [-0.2, 0) is 16.1 Å². The van der Waals surface area contributed by atoms with Crippen LogP contribution in [0, 0.1) is 11.3 Å². The monoisotopic (exact) mass is 473 g/mol. The number of ether oxygens (including phenoxy) is 2. The Kier molecular flexibility index (Phi) is 8.16. The minimum absolute atomic E-state index is 0. The third-order valence-electron chi connectivity index (χ3n) is 5.35. The zero-order valence-corrected chi connectivity index (χ0v) is 18.4. The first kappa shape index (κ1) is 21.4. The Morgan fingerprint density at radius 2 is 2.08 bits per heavy atom. The van der Waals surface area contributed by atoms with E-state index in [1.54, 1.807) is 0 Å². The molecule has 1 saturated carbocycles. The van der Waals surface area contributed by atoms with Crippen molar-refractivity contribution < 1.29 is 9.47 Å². The molecule has 2 fully saturated rings. The Morgan fingerprint density at radius 3 is 2.81 bits per heavy atom. The van der Waals surface area contributed by atoms with E-state index in [1.165, 1.54) is 5.56 Å². The van der Waals surface area contributed by atoms with Crippen molar-refractivity contribution in [2.24, 2.45) is 16.3 Å². The molecule has 0 amide bonds. The van der Waals surface area contributed by atoms with Gasteiger partial charge in [0.15, 0.2) is 5.96 Å². The number of guanidine groups is 1. The van der Waals surface area contributed by atoms with Gasteiger partial charge in [0, 0.05) is 30.5 Å². The second-order valence-corrected chi connectivity index (χ2v) is 7.49. The highest BCUT2D eigenvalue weighted by atomic mass is 127. The van der Waals surface area contributed by atoms with Crippen LogP contribution >= 0.6 is 24.0 Å². The first-order valence-corrected chi connectivity index (χ1v) is 9.41. The Morgan fingerprint density at radius 1 is 1.31 bits per heavy atom. The summed E-state index contributed by atoms with van der Waals surface area (Å²) in [6.45, 7) is 10.3. The number of benzene rings is 1. The molecule has 2 N–H and O–H groups in total. The maximum absolute atomic E-state index is 5.87. The van der Waals surface area contributed by atoms with E-state index >= 15 is 0 Å². The van der Waals surface area contributed by atoms with Crippen LogP contribution in [0.1, 0.15) is 32.8 Å². The van der Waals surface area contributed by atoms with Crippen LogP contribution in [0.2, 0.25) is 0 Å². The molecule has 6 heteroatoms. The van der Waals surface area contributed by atoms with Crippen LogP contribution in [0.25, 0.3) is 0 Å². The normalized spacial score (nSPS) is 26.4. The van der Waals surface area contributed by atoms with Gasteiger partial charge in [-0.2, -0.15) is 0 Å². The Hall–Kier alpha value is -0.860. The molecule has 3 unspecified atom stereocenters. The highest BCUT2D eigenvalue weighted by Crippen LogP contribution is 2.52. The summed E-state index contributed by atoms with van der Waals surface area (Å²) >= 11 is 0. The summed E-state index contributed by atoms with van der Waals surface area (Å²) in [5.74, 6) is 1.49. The number of hydrogen-bond donors (Lipinski definition) is 2. The van der Waals surface area contributed by atoms with Crippen LogP contribution in [-0.4, -0.2) is 44.4 Å². The number of rotatable bonds is 7. The Balaban J connectivity index is 0.00000243. The van der Waals surface area contributed by atoms with E-state index in [0.717, 1.165) is 25.5 Å². The molecule has 1 aromatic carbocycles. The van der Waals surface area contributed by atoms with Crippen molar-refractivity contribution in [1.82, 2.24) is 10.6 Å². The lowest BCUT2D eigenvalue weighted by Gasteiger charge is -2.54. The molecular weight excluding hydrogens is 441 g/mol. The van der Waals surface area contributed by atoms with Crippen LogP contribution < -0.4 is 10.6 Å². The molecule has 1 saturated heterocycles. The third kappa shape index (κ3) is 4.89.